The summed E-state index contributed by atoms with van der Waals surface area (Å²) in [5, 5.41) is 7.52. The lowest BCUT2D eigenvalue weighted by molar-refractivity contribution is -0.116. The van der Waals surface area contributed by atoms with Crippen LogP contribution in [0.4, 0.5) is 15.8 Å². The predicted octanol–water partition coefficient (Wildman–Crippen LogP) is 3.66. The lowest BCUT2D eigenvalue weighted by atomic mass is 10.1. The van der Waals surface area contributed by atoms with Gasteiger partial charge < -0.3 is 10.2 Å². The molecule has 1 aromatic heterocycles. The first-order valence-electron chi connectivity index (χ1n) is 10.1. The SMILES string of the molecule is CC(=O)N1CCc2cc(NC(=O)c3nn(-c4ccc(F)cc4)c4c3CCC4)ccc21. The van der Waals surface area contributed by atoms with E-state index in [4.69, 9.17) is 0 Å². The molecular formula is C23H21FN4O2. The second-order valence-electron chi connectivity index (χ2n) is 7.73. The Hall–Kier alpha value is -3.48. The number of hydrogen-bond acceptors (Lipinski definition) is 3. The van der Waals surface area contributed by atoms with Crippen LogP contribution < -0.4 is 10.2 Å². The van der Waals surface area contributed by atoms with Gasteiger partial charge in [-0.1, -0.05) is 0 Å². The smallest absolute Gasteiger partial charge is 0.276 e. The van der Waals surface area contributed by atoms with Gasteiger partial charge in [0.25, 0.3) is 5.91 Å². The summed E-state index contributed by atoms with van der Waals surface area (Å²) in [6.07, 6.45) is 3.38. The van der Waals surface area contributed by atoms with Crippen LogP contribution in [0.25, 0.3) is 5.69 Å². The minimum atomic E-state index is -0.305. The van der Waals surface area contributed by atoms with Crippen LogP contribution in [-0.2, 0) is 24.1 Å². The molecule has 152 valence electrons. The van der Waals surface area contributed by atoms with Gasteiger partial charge in [0, 0.05) is 36.1 Å². The minimum absolute atomic E-state index is 0.0208. The van der Waals surface area contributed by atoms with Crippen LogP contribution in [0.5, 0.6) is 0 Å². The highest BCUT2D eigenvalue weighted by Crippen LogP contribution is 2.32. The molecule has 0 radical (unpaired) electrons. The van der Waals surface area contributed by atoms with Gasteiger partial charge in [-0.05, 0) is 73.7 Å². The summed E-state index contributed by atoms with van der Waals surface area (Å²) in [7, 11) is 0. The Morgan fingerprint density at radius 2 is 1.87 bits per heavy atom. The fourth-order valence-electron chi connectivity index (χ4n) is 4.41. The number of fused-ring (bicyclic) bond motifs is 2. The van der Waals surface area contributed by atoms with E-state index in [1.165, 1.54) is 12.1 Å². The third-order valence-corrected chi connectivity index (χ3v) is 5.83. The van der Waals surface area contributed by atoms with Gasteiger partial charge >= 0.3 is 0 Å². The van der Waals surface area contributed by atoms with Gasteiger partial charge in [-0.25, -0.2) is 9.07 Å². The van der Waals surface area contributed by atoms with E-state index in [-0.39, 0.29) is 17.6 Å². The molecule has 0 saturated heterocycles. The summed E-state index contributed by atoms with van der Waals surface area (Å²) >= 11 is 0. The molecule has 0 saturated carbocycles. The Kier molecular flexibility index (Phi) is 4.38. The van der Waals surface area contributed by atoms with Gasteiger partial charge in [0.2, 0.25) is 5.91 Å². The third-order valence-electron chi connectivity index (χ3n) is 5.83. The topological polar surface area (TPSA) is 67.2 Å². The molecule has 0 fully saturated rings. The molecule has 0 atom stereocenters. The largest absolute Gasteiger partial charge is 0.321 e. The molecule has 1 N–H and O–H groups in total. The second-order valence-corrected chi connectivity index (χ2v) is 7.73. The number of rotatable bonds is 3. The van der Waals surface area contributed by atoms with Crippen LogP contribution in [0.3, 0.4) is 0 Å². The van der Waals surface area contributed by atoms with E-state index in [1.807, 2.05) is 18.2 Å². The Morgan fingerprint density at radius 1 is 1.07 bits per heavy atom. The van der Waals surface area contributed by atoms with Gasteiger partial charge in [0.1, 0.15) is 5.82 Å². The highest BCUT2D eigenvalue weighted by atomic mass is 19.1. The van der Waals surface area contributed by atoms with Crippen molar-refractivity contribution in [2.45, 2.75) is 32.6 Å². The van der Waals surface area contributed by atoms with Crippen molar-refractivity contribution in [1.29, 1.82) is 0 Å². The summed E-state index contributed by atoms with van der Waals surface area (Å²) in [6.45, 7) is 2.22. The van der Waals surface area contributed by atoms with Crippen molar-refractivity contribution in [3.8, 4) is 5.69 Å². The maximum absolute atomic E-state index is 13.3. The molecule has 0 unspecified atom stereocenters. The molecule has 2 aliphatic rings. The van der Waals surface area contributed by atoms with Crippen molar-refractivity contribution in [2.24, 2.45) is 0 Å². The lowest BCUT2D eigenvalue weighted by Crippen LogP contribution is -2.25. The first-order valence-corrected chi connectivity index (χ1v) is 10.1. The molecule has 0 spiro atoms. The lowest BCUT2D eigenvalue weighted by Gasteiger charge is -2.15. The number of aromatic nitrogens is 2. The predicted molar refractivity (Wildman–Crippen MR) is 112 cm³/mol. The first kappa shape index (κ1) is 18.5. The molecular weight excluding hydrogens is 383 g/mol. The number of carbonyl (C=O) groups is 2. The van der Waals surface area contributed by atoms with Crippen LogP contribution in [0.2, 0.25) is 0 Å². The van der Waals surface area contributed by atoms with Crippen LogP contribution in [0.1, 0.15) is 40.7 Å². The summed E-state index contributed by atoms with van der Waals surface area (Å²) < 4.78 is 15.1. The van der Waals surface area contributed by atoms with Crippen molar-refractivity contribution in [3.05, 3.63) is 70.8 Å². The number of nitrogens with one attached hydrogen (secondary N) is 1. The van der Waals surface area contributed by atoms with E-state index in [1.54, 1.807) is 28.6 Å². The molecule has 1 aliphatic carbocycles. The number of halogens is 1. The zero-order valence-corrected chi connectivity index (χ0v) is 16.6. The highest BCUT2D eigenvalue weighted by Gasteiger charge is 2.28. The number of amides is 2. The number of nitrogens with zero attached hydrogens (tertiary/aromatic N) is 3. The fraction of sp³-hybridized carbons (Fsp3) is 0.261. The summed E-state index contributed by atoms with van der Waals surface area (Å²) in [5.41, 5.74) is 5.77. The van der Waals surface area contributed by atoms with E-state index in [9.17, 15) is 14.0 Å². The van der Waals surface area contributed by atoms with E-state index >= 15 is 0 Å². The average Bonchev–Trinajstić information content (AvgIpc) is 3.43. The standard InChI is InChI=1S/C23H21FN4O2/c1-14(29)27-12-11-15-13-17(7-10-20(15)27)25-23(30)22-19-3-2-4-21(19)28(26-22)18-8-5-16(24)6-9-18/h5-10,13H,2-4,11-12H2,1H3,(H,25,30). The van der Waals surface area contributed by atoms with Gasteiger partial charge in [-0.15, -0.1) is 0 Å². The van der Waals surface area contributed by atoms with Crippen molar-refractivity contribution in [3.63, 3.8) is 0 Å². The Morgan fingerprint density at radius 3 is 2.63 bits per heavy atom. The molecule has 7 heteroatoms. The third kappa shape index (κ3) is 3.07. The van der Waals surface area contributed by atoms with E-state index in [0.29, 0.717) is 17.9 Å². The quantitative estimate of drug-likeness (QED) is 0.724. The molecule has 2 amide bonds. The number of carbonyl (C=O) groups excluding carboxylic acids is 2. The van der Waals surface area contributed by atoms with E-state index in [0.717, 1.165) is 53.9 Å². The van der Waals surface area contributed by atoms with Gasteiger partial charge in [0.15, 0.2) is 5.69 Å². The van der Waals surface area contributed by atoms with E-state index in [2.05, 4.69) is 10.4 Å². The highest BCUT2D eigenvalue weighted by molar-refractivity contribution is 6.04. The molecule has 30 heavy (non-hydrogen) atoms. The van der Waals surface area contributed by atoms with Crippen molar-refractivity contribution in [2.75, 3.05) is 16.8 Å². The Bertz CT molecular complexity index is 1170. The van der Waals surface area contributed by atoms with Crippen molar-refractivity contribution < 1.29 is 14.0 Å². The first-order chi connectivity index (χ1) is 14.5. The second kappa shape index (κ2) is 7.09. The number of benzene rings is 2. The van der Waals surface area contributed by atoms with Gasteiger partial charge in [-0.2, -0.15) is 5.10 Å². The molecule has 0 bridgehead atoms. The fourth-order valence-corrected chi connectivity index (χ4v) is 4.41. The maximum atomic E-state index is 13.3. The number of hydrogen-bond donors (Lipinski definition) is 1. The van der Waals surface area contributed by atoms with Crippen LogP contribution >= 0.6 is 0 Å². The number of anilines is 2. The summed E-state index contributed by atoms with van der Waals surface area (Å²) in [5.74, 6) is -0.539. The maximum Gasteiger partial charge on any atom is 0.276 e. The van der Waals surface area contributed by atoms with Crippen molar-refractivity contribution in [1.82, 2.24) is 9.78 Å². The van der Waals surface area contributed by atoms with Crippen LogP contribution in [-0.4, -0.2) is 28.1 Å². The average molecular weight is 404 g/mol. The molecule has 2 heterocycles. The molecule has 6 nitrogen and oxygen atoms in total. The van der Waals surface area contributed by atoms with Crippen molar-refractivity contribution >= 4 is 23.2 Å². The molecule has 1 aliphatic heterocycles. The Balaban J connectivity index is 1.43. The van der Waals surface area contributed by atoms with Crippen LogP contribution in [0, 0.1) is 5.82 Å². The molecule has 5 rings (SSSR count). The van der Waals surface area contributed by atoms with Gasteiger partial charge in [-0.3, -0.25) is 9.59 Å². The van der Waals surface area contributed by atoms with Crippen LogP contribution in [0.15, 0.2) is 42.5 Å². The summed E-state index contributed by atoms with van der Waals surface area (Å²) in [6, 6.07) is 11.7. The summed E-state index contributed by atoms with van der Waals surface area (Å²) in [4.78, 5) is 26.5. The molecule has 3 aromatic rings. The zero-order chi connectivity index (χ0) is 20.8. The Labute approximate surface area is 173 Å². The zero-order valence-electron chi connectivity index (χ0n) is 16.6. The van der Waals surface area contributed by atoms with E-state index < -0.39 is 0 Å². The molecule has 2 aromatic carbocycles. The minimum Gasteiger partial charge on any atom is -0.321 e. The monoisotopic (exact) mass is 404 g/mol. The normalized spacial score (nSPS) is 14.5. The van der Waals surface area contributed by atoms with Gasteiger partial charge in [0.05, 0.1) is 5.69 Å².